The molecule has 0 atom stereocenters. The molecular formula is C27H26BrNO5. The summed E-state index contributed by atoms with van der Waals surface area (Å²) < 4.78 is 22.5. The topological polar surface area (TPSA) is 66.0 Å². The van der Waals surface area contributed by atoms with Crippen LogP contribution in [0.4, 0.5) is 5.69 Å². The molecule has 0 heterocycles. The van der Waals surface area contributed by atoms with Crippen LogP contribution >= 0.6 is 15.9 Å². The lowest BCUT2D eigenvalue weighted by atomic mass is 10.1. The highest BCUT2D eigenvalue weighted by atomic mass is 79.9. The fourth-order valence-electron chi connectivity index (χ4n) is 3.32. The standard InChI is InChI=1S/C27H26BrNO5/c1-31-24-16-19(17-25(32-2)27(24)34-4)11-10-18-14-21(28)26(33-3)22(15-18)29-13-12-23(30)20-8-6-5-7-9-20/h5-17,29H,1-4H3. The first kappa shape index (κ1) is 24.9. The van der Waals surface area contributed by atoms with Gasteiger partial charge in [0.15, 0.2) is 23.0 Å². The summed E-state index contributed by atoms with van der Waals surface area (Å²) in [6, 6.07) is 16.7. The predicted octanol–water partition coefficient (Wildman–Crippen LogP) is 6.46. The molecule has 0 aliphatic rings. The Bertz CT molecular complexity index is 1180. The molecule has 0 aliphatic carbocycles. The van der Waals surface area contributed by atoms with Crippen LogP contribution in [0.3, 0.4) is 0 Å². The van der Waals surface area contributed by atoms with Gasteiger partial charge in [-0.15, -0.1) is 0 Å². The van der Waals surface area contributed by atoms with E-state index in [-0.39, 0.29) is 5.78 Å². The molecule has 34 heavy (non-hydrogen) atoms. The van der Waals surface area contributed by atoms with Crippen LogP contribution in [0.25, 0.3) is 12.2 Å². The fraction of sp³-hybridized carbons (Fsp3) is 0.148. The van der Waals surface area contributed by atoms with Crippen molar-refractivity contribution in [1.29, 1.82) is 0 Å². The first-order valence-corrected chi connectivity index (χ1v) is 11.2. The molecule has 0 saturated heterocycles. The molecule has 0 unspecified atom stereocenters. The van der Waals surface area contributed by atoms with Crippen LogP contribution < -0.4 is 24.3 Å². The summed E-state index contributed by atoms with van der Waals surface area (Å²) in [5.74, 6) is 2.23. The van der Waals surface area contributed by atoms with Crippen molar-refractivity contribution in [1.82, 2.24) is 0 Å². The van der Waals surface area contributed by atoms with Crippen LogP contribution in [-0.2, 0) is 0 Å². The molecule has 176 valence electrons. The number of ether oxygens (including phenoxy) is 4. The minimum atomic E-state index is -0.0930. The Morgan fingerprint density at radius 2 is 1.38 bits per heavy atom. The number of hydrogen-bond donors (Lipinski definition) is 1. The Morgan fingerprint density at radius 3 is 1.94 bits per heavy atom. The highest BCUT2D eigenvalue weighted by molar-refractivity contribution is 9.10. The summed E-state index contributed by atoms with van der Waals surface area (Å²) >= 11 is 3.56. The van der Waals surface area contributed by atoms with E-state index >= 15 is 0 Å². The van der Waals surface area contributed by atoms with Gasteiger partial charge in [0.1, 0.15) is 0 Å². The van der Waals surface area contributed by atoms with Gasteiger partial charge >= 0.3 is 0 Å². The van der Waals surface area contributed by atoms with Crippen LogP contribution in [-0.4, -0.2) is 34.2 Å². The van der Waals surface area contributed by atoms with Crippen molar-refractivity contribution in [2.45, 2.75) is 0 Å². The van der Waals surface area contributed by atoms with Crippen molar-refractivity contribution in [3.05, 3.63) is 88.0 Å². The lowest BCUT2D eigenvalue weighted by Gasteiger charge is -2.13. The Balaban J connectivity index is 1.86. The van der Waals surface area contributed by atoms with Gasteiger partial charge in [0, 0.05) is 17.8 Å². The maximum Gasteiger partial charge on any atom is 0.203 e. The number of methoxy groups -OCH3 is 4. The van der Waals surface area contributed by atoms with Crippen molar-refractivity contribution < 1.29 is 23.7 Å². The number of hydrogen-bond acceptors (Lipinski definition) is 6. The second-order valence-electron chi connectivity index (χ2n) is 7.08. The van der Waals surface area contributed by atoms with Gasteiger partial charge in [-0.3, -0.25) is 4.79 Å². The molecule has 0 bridgehead atoms. The van der Waals surface area contributed by atoms with E-state index in [1.165, 1.54) is 6.08 Å². The minimum absolute atomic E-state index is 0.0930. The zero-order valence-electron chi connectivity index (χ0n) is 19.4. The lowest BCUT2D eigenvalue weighted by Crippen LogP contribution is -1.98. The highest BCUT2D eigenvalue weighted by Gasteiger charge is 2.12. The second-order valence-corrected chi connectivity index (χ2v) is 7.94. The summed E-state index contributed by atoms with van der Waals surface area (Å²) in [5.41, 5.74) is 3.12. The van der Waals surface area contributed by atoms with E-state index < -0.39 is 0 Å². The zero-order chi connectivity index (χ0) is 24.5. The molecule has 3 rings (SSSR count). The molecule has 0 aliphatic heterocycles. The van der Waals surface area contributed by atoms with Crippen LogP contribution in [0.15, 0.2) is 71.3 Å². The number of benzene rings is 3. The fourth-order valence-corrected chi connectivity index (χ4v) is 3.96. The Labute approximate surface area is 207 Å². The van der Waals surface area contributed by atoms with Crippen LogP contribution in [0, 0.1) is 0 Å². The summed E-state index contributed by atoms with van der Waals surface area (Å²) in [7, 11) is 6.33. The molecule has 0 aromatic heterocycles. The SMILES string of the molecule is COc1cc(C=Cc2cc(Br)c(OC)c(NC=CC(=O)c3ccccc3)c2)cc(OC)c1OC. The minimum Gasteiger partial charge on any atom is -0.493 e. The Kier molecular flexibility index (Phi) is 8.76. The van der Waals surface area contributed by atoms with E-state index in [1.54, 1.807) is 46.8 Å². The quantitative estimate of drug-likeness (QED) is 0.187. The van der Waals surface area contributed by atoms with E-state index in [9.17, 15) is 4.79 Å². The van der Waals surface area contributed by atoms with Gasteiger partial charge in [-0.05, 0) is 51.3 Å². The predicted molar refractivity (Wildman–Crippen MR) is 139 cm³/mol. The van der Waals surface area contributed by atoms with Crippen molar-refractivity contribution in [3.8, 4) is 23.0 Å². The molecule has 0 fully saturated rings. The summed E-state index contributed by atoms with van der Waals surface area (Å²) in [6.45, 7) is 0. The molecule has 3 aromatic carbocycles. The largest absolute Gasteiger partial charge is 0.493 e. The van der Waals surface area contributed by atoms with Crippen LogP contribution in [0.1, 0.15) is 21.5 Å². The number of ketones is 1. The van der Waals surface area contributed by atoms with Crippen molar-refractivity contribution in [2.75, 3.05) is 33.8 Å². The third kappa shape index (κ3) is 5.99. The number of carbonyl (C=O) groups excluding carboxylic acids is 1. The zero-order valence-corrected chi connectivity index (χ0v) is 21.0. The van der Waals surface area contributed by atoms with Crippen LogP contribution in [0.5, 0.6) is 23.0 Å². The number of allylic oxidation sites excluding steroid dienone is 1. The third-order valence-corrected chi connectivity index (χ3v) is 5.55. The van der Waals surface area contributed by atoms with Gasteiger partial charge in [-0.25, -0.2) is 0 Å². The molecule has 3 aromatic rings. The number of nitrogens with one attached hydrogen (secondary N) is 1. The number of carbonyl (C=O) groups is 1. The van der Waals surface area contributed by atoms with Gasteiger partial charge in [0.25, 0.3) is 0 Å². The maximum atomic E-state index is 12.3. The molecule has 7 heteroatoms. The van der Waals surface area contributed by atoms with Crippen molar-refractivity contribution in [3.63, 3.8) is 0 Å². The molecule has 0 saturated carbocycles. The van der Waals surface area contributed by atoms with E-state index in [1.807, 2.05) is 54.6 Å². The number of anilines is 1. The third-order valence-electron chi connectivity index (χ3n) is 4.96. The molecular weight excluding hydrogens is 498 g/mol. The Hall–Kier alpha value is -3.71. The van der Waals surface area contributed by atoms with E-state index in [2.05, 4.69) is 21.2 Å². The van der Waals surface area contributed by atoms with E-state index in [0.29, 0.717) is 34.2 Å². The smallest absolute Gasteiger partial charge is 0.203 e. The van der Waals surface area contributed by atoms with Gasteiger partial charge in [-0.2, -0.15) is 0 Å². The number of halogens is 1. The van der Waals surface area contributed by atoms with Crippen molar-refractivity contribution in [2.24, 2.45) is 0 Å². The first-order chi connectivity index (χ1) is 16.5. The van der Waals surface area contributed by atoms with Crippen molar-refractivity contribution >= 4 is 39.6 Å². The highest BCUT2D eigenvalue weighted by Crippen LogP contribution is 2.39. The molecule has 0 radical (unpaired) electrons. The normalized spacial score (nSPS) is 11.0. The molecule has 1 N–H and O–H groups in total. The number of rotatable bonds is 10. The summed E-state index contributed by atoms with van der Waals surface area (Å²) in [6.07, 6.45) is 6.99. The van der Waals surface area contributed by atoms with Gasteiger partial charge < -0.3 is 24.3 Å². The van der Waals surface area contributed by atoms with E-state index in [0.717, 1.165) is 15.6 Å². The second kappa shape index (κ2) is 12.0. The van der Waals surface area contributed by atoms with Gasteiger partial charge in [-0.1, -0.05) is 42.5 Å². The first-order valence-electron chi connectivity index (χ1n) is 10.4. The molecule has 0 spiro atoms. The summed E-state index contributed by atoms with van der Waals surface area (Å²) in [5, 5.41) is 3.15. The lowest BCUT2D eigenvalue weighted by molar-refractivity contribution is 0.104. The maximum absolute atomic E-state index is 12.3. The average Bonchev–Trinajstić information content (AvgIpc) is 2.87. The molecule has 0 amide bonds. The van der Waals surface area contributed by atoms with Gasteiger partial charge in [0.2, 0.25) is 5.75 Å². The summed E-state index contributed by atoms with van der Waals surface area (Å²) in [4.78, 5) is 12.3. The monoisotopic (exact) mass is 523 g/mol. The molecule has 6 nitrogen and oxygen atoms in total. The van der Waals surface area contributed by atoms with Crippen LogP contribution in [0.2, 0.25) is 0 Å². The Morgan fingerprint density at radius 1 is 0.794 bits per heavy atom. The average molecular weight is 524 g/mol. The van der Waals surface area contributed by atoms with E-state index in [4.69, 9.17) is 18.9 Å². The van der Waals surface area contributed by atoms with Gasteiger partial charge in [0.05, 0.1) is 38.6 Å².